The highest BCUT2D eigenvalue weighted by atomic mass is 19.4. The van der Waals surface area contributed by atoms with Crippen LogP contribution in [-0.2, 0) is 4.74 Å². The van der Waals surface area contributed by atoms with Gasteiger partial charge in [0.1, 0.15) is 0 Å². The molecule has 0 bridgehead atoms. The van der Waals surface area contributed by atoms with Crippen LogP contribution in [0.1, 0.15) is 6.42 Å². The molecule has 142 valence electrons. The lowest BCUT2D eigenvalue weighted by atomic mass is 9.96. The van der Waals surface area contributed by atoms with Crippen LogP contribution < -0.4 is 0 Å². The second kappa shape index (κ2) is 6.35. The average molecular weight is 388 g/mol. The van der Waals surface area contributed by atoms with Gasteiger partial charge in [-0.05, 0) is 0 Å². The fourth-order valence-corrected chi connectivity index (χ4v) is 1.13. The van der Waals surface area contributed by atoms with E-state index in [1.54, 1.807) is 0 Å². The third-order valence-electron chi connectivity index (χ3n) is 2.38. The van der Waals surface area contributed by atoms with Crippen molar-refractivity contribution in [2.24, 2.45) is 0 Å². The van der Waals surface area contributed by atoms with Crippen molar-refractivity contribution in [2.45, 2.75) is 36.2 Å². The summed E-state index contributed by atoms with van der Waals surface area (Å²) in [5.74, 6) is -28.2. The molecule has 0 N–H and O–H groups in total. The van der Waals surface area contributed by atoms with Gasteiger partial charge in [-0.2, -0.15) is 57.1 Å². The molecule has 0 aromatic rings. The average Bonchev–Trinajstić information content (AvgIpc) is 2.36. The normalized spacial score (nSPS) is 14.4. The molecule has 0 aliphatic carbocycles. The summed E-state index contributed by atoms with van der Waals surface area (Å²) in [6, 6.07) is -3.79. The molecule has 0 amide bonds. The van der Waals surface area contributed by atoms with E-state index in [9.17, 15) is 57.1 Å². The van der Waals surface area contributed by atoms with E-state index in [1.807, 2.05) is 4.74 Å². The number of halogens is 13. The number of hydrogen-bond acceptors (Lipinski definition) is 1. The largest absolute Gasteiger partial charge is 0.472 e. The van der Waals surface area contributed by atoms with E-state index < -0.39 is 48.3 Å². The van der Waals surface area contributed by atoms with Gasteiger partial charge in [0.05, 0.1) is 0 Å². The number of allylic oxidation sites excluding steroid dienone is 1. The molecule has 0 unspecified atom stereocenters. The van der Waals surface area contributed by atoms with Gasteiger partial charge in [0, 0.05) is 6.42 Å². The van der Waals surface area contributed by atoms with Crippen LogP contribution in [0.25, 0.3) is 0 Å². The molecule has 0 saturated carbocycles. The molecule has 1 nitrogen and oxygen atoms in total. The quantitative estimate of drug-likeness (QED) is 0.292. The highest BCUT2D eigenvalue weighted by Gasteiger charge is 2.87. The van der Waals surface area contributed by atoms with Gasteiger partial charge in [-0.1, -0.05) is 6.08 Å². The number of hydrogen-bond donors (Lipinski definition) is 0. The summed E-state index contributed by atoms with van der Waals surface area (Å²) in [4.78, 5) is 0. The van der Waals surface area contributed by atoms with E-state index in [1.165, 1.54) is 0 Å². The Bertz CT molecular complexity index is 503. The maximum atomic E-state index is 13.0. The summed E-state index contributed by atoms with van der Waals surface area (Å²) in [5.41, 5.74) is 0. The van der Waals surface area contributed by atoms with Crippen LogP contribution in [-0.4, -0.2) is 29.8 Å². The maximum absolute atomic E-state index is 13.0. The number of ether oxygens (including phenoxy) is 1. The minimum Gasteiger partial charge on any atom is -0.397 e. The Kier molecular flexibility index (Phi) is 5.92. The van der Waals surface area contributed by atoms with Crippen molar-refractivity contribution < 1.29 is 61.8 Å². The first-order chi connectivity index (χ1) is 10.4. The summed E-state index contributed by atoms with van der Waals surface area (Å²) >= 11 is 0. The van der Waals surface area contributed by atoms with Crippen molar-refractivity contribution in [3.05, 3.63) is 24.7 Å². The van der Waals surface area contributed by atoms with Gasteiger partial charge in [-0.25, -0.2) is 0 Å². The second-order valence-electron chi connectivity index (χ2n) is 4.07. The van der Waals surface area contributed by atoms with E-state index in [4.69, 9.17) is 0 Å². The van der Waals surface area contributed by atoms with E-state index in [-0.39, 0.29) is 6.08 Å². The smallest absolute Gasteiger partial charge is 0.397 e. The van der Waals surface area contributed by atoms with Crippen LogP contribution >= 0.6 is 0 Å². The van der Waals surface area contributed by atoms with E-state index in [2.05, 4.69) is 6.58 Å². The minimum atomic E-state index is -7.54. The summed E-state index contributed by atoms with van der Waals surface area (Å²) in [6.07, 6.45) is -13.3. The predicted molar refractivity (Wildman–Crippen MR) is 51.0 cm³/mol. The van der Waals surface area contributed by atoms with Crippen LogP contribution in [0.15, 0.2) is 24.7 Å². The van der Waals surface area contributed by atoms with Crippen molar-refractivity contribution in [3.63, 3.8) is 0 Å². The van der Waals surface area contributed by atoms with Crippen LogP contribution in [0.3, 0.4) is 0 Å². The lowest BCUT2D eigenvalue weighted by Crippen LogP contribution is -2.67. The molecule has 14 heteroatoms. The first kappa shape index (κ1) is 22.4. The van der Waals surface area contributed by atoms with Gasteiger partial charge in [-0.15, -0.1) is 6.58 Å². The maximum Gasteiger partial charge on any atom is 0.472 e. The Labute approximate surface area is 124 Å². The lowest BCUT2D eigenvalue weighted by molar-refractivity contribution is -0.441. The molecule has 0 saturated heterocycles. The molecular formula is C10H5F13O. The fourth-order valence-electron chi connectivity index (χ4n) is 1.13. The molecular weight excluding hydrogens is 383 g/mol. The Morgan fingerprint density at radius 1 is 0.750 bits per heavy atom. The summed E-state index contributed by atoms with van der Waals surface area (Å²) in [6.45, 7) is 2.45. The summed E-state index contributed by atoms with van der Waals surface area (Å²) in [5, 5.41) is 0. The van der Waals surface area contributed by atoms with Crippen molar-refractivity contribution >= 4 is 0 Å². The van der Waals surface area contributed by atoms with Crippen LogP contribution in [0, 0.1) is 0 Å². The highest BCUT2D eigenvalue weighted by molar-refractivity contribution is 5.08. The Morgan fingerprint density at radius 2 is 1.17 bits per heavy atom. The minimum absolute atomic E-state index is 0.0995. The zero-order valence-corrected chi connectivity index (χ0v) is 10.8. The SMILES string of the molecule is C=CCC(F)(F)C(F)(F)C(F)(F)C(F)(F)C(F)(F)OC(F)=C(F)F. The van der Waals surface area contributed by atoms with Gasteiger partial charge in [0.2, 0.25) is 0 Å². The molecule has 0 atom stereocenters. The van der Waals surface area contributed by atoms with Gasteiger partial charge < -0.3 is 4.74 Å². The van der Waals surface area contributed by atoms with Crippen LogP contribution in [0.2, 0.25) is 0 Å². The first-order valence-electron chi connectivity index (χ1n) is 5.29. The highest BCUT2D eigenvalue weighted by Crippen LogP contribution is 2.58. The third-order valence-corrected chi connectivity index (χ3v) is 2.38. The van der Waals surface area contributed by atoms with Crippen molar-refractivity contribution in [3.8, 4) is 0 Å². The lowest BCUT2D eigenvalue weighted by Gasteiger charge is -2.38. The molecule has 0 aromatic carbocycles. The van der Waals surface area contributed by atoms with Gasteiger partial charge in [0.25, 0.3) is 0 Å². The number of rotatable bonds is 8. The van der Waals surface area contributed by atoms with Gasteiger partial charge in [0.15, 0.2) is 0 Å². The molecule has 0 heterocycles. The predicted octanol–water partition coefficient (Wildman–Crippen LogP) is 5.75. The molecule has 24 heavy (non-hydrogen) atoms. The molecule has 0 aliphatic rings. The molecule has 0 spiro atoms. The second-order valence-corrected chi connectivity index (χ2v) is 4.07. The van der Waals surface area contributed by atoms with E-state index >= 15 is 0 Å². The molecule has 0 aromatic heterocycles. The molecule has 0 rings (SSSR count). The Balaban J connectivity index is 6.06. The fraction of sp³-hybridized carbons (Fsp3) is 0.600. The van der Waals surface area contributed by atoms with Crippen molar-refractivity contribution in [1.82, 2.24) is 0 Å². The molecule has 0 fully saturated rings. The Morgan fingerprint density at radius 3 is 1.50 bits per heavy atom. The standard InChI is InChI=1S/C10H5F13O/c1-2-3-6(14,15)7(16,17)8(18,19)9(20,21)10(22,23)24-5(13)4(11)12/h2H,1,3H2. The van der Waals surface area contributed by atoms with Crippen molar-refractivity contribution in [2.75, 3.05) is 0 Å². The zero-order chi connectivity index (χ0) is 19.8. The summed E-state index contributed by atoms with van der Waals surface area (Å²) in [7, 11) is 0. The van der Waals surface area contributed by atoms with E-state index in [0.717, 1.165) is 0 Å². The zero-order valence-electron chi connectivity index (χ0n) is 10.8. The molecule has 0 radical (unpaired) electrons. The van der Waals surface area contributed by atoms with Crippen LogP contribution in [0.5, 0.6) is 0 Å². The number of alkyl halides is 10. The third kappa shape index (κ3) is 3.41. The van der Waals surface area contributed by atoms with Gasteiger partial charge in [-0.3, -0.25) is 0 Å². The molecule has 0 aliphatic heterocycles. The first-order valence-corrected chi connectivity index (χ1v) is 5.29. The monoisotopic (exact) mass is 388 g/mol. The van der Waals surface area contributed by atoms with Crippen molar-refractivity contribution in [1.29, 1.82) is 0 Å². The Hall–Kier alpha value is -1.63. The van der Waals surface area contributed by atoms with Crippen LogP contribution in [0.4, 0.5) is 57.1 Å². The topological polar surface area (TPSA) is 9.23 Å². The van der Waals surface area contributed by atoms with E-state index in [0.29, 0.717) is 0 Å². The van der Waals surface area contributed by atoms with Gasteiger partial charge >= 0.3 is 41.9 Å². The summed E-state index contributed by atoms with van der Waals surface area (Å²) < 4.78 is 166.